The van der Waals surface area contributed by atoms with Gasteiger partial charge in [0.15, 0.2) is 0 Å². The summed E-state index contributed by atoms with van der Waals surface area (Å²) in [5.74, 6) is 0.478. The van der Waals surface area contributed by atoms with Crippen LogP contribution in [0.5, 0.6) is 0 Å². The smallest absolute Gasteiger partial charge is 0.323 e. The van der Waals surface area contributed by atoms with Crippen LogP contribution in [0.2, 0.25) is 0 Å². The molecule has 4 aromatic rings. The highest BCUT2D eigenvalue weighted by Gasteiger charge is 2.06. The van der Waals surface area contributed by atoms with Crippen LogP contribution < -0.4 is 16.0 Å². The summed E-state index contributed by atoms with van der Waals surface area (Å²) in [5.41, 5.74) is 5.16. The molecular formula is C23H22N6O. The highest BCUT2D eigenvalue weighted by atomic mass is 16.2. The molecule has 2 aromatic heterocycles. The molecule has 0 saturated heterocycles. The molecule has 2 aromatic carbocycles. The van der Waals surface area contributed by atoms with Gasteiger partial charge in [0.25, 0.3) is 0 Å². The van der Waals surface area contributed by atoms with Crippen molar-refractivity contribution >= 4 is 29.0 Å². The van der Waals surface area contributed by atoms with Gasteiger partial charge in [-0.3, -0.25) is 0 Å². The SMILES string of the molecule is CCc1cccc(NC(=O)Nc2cccc(Nc3nccc(-c4cc[nH]c4)n3)c2)c1. The number of hydrogen-bond acceptors (Lipinski definition) is 4. The van der Waals surface area contributed by atoms with Crippen molar-refractivity contribution < 1.29 is 4.79 Å². The maximum absolute atomic E-state index is 12.4. The third-order valence-electron chi connectivity index (χ3n) is 4.52. The Morgan fingerprint density at radius 2 is 1.73 bits per heavy atom. The summed E-state index contributed by atoms with van der Waals surface area (Å²) in [4.78, 5) is 24.2. The average Bonchev–Trinajstić information content (AvgIpc) is 3.29. The van der Waals surface area contributed by atoms with E-state index in [-0.39, 0.29) is 6.03 Å². The summed E-state index contributed by atoms with van der Waals surface area (Å²) >= 11 is 0. The largest absolute Gasteiger partial charge is 0.367 e. The van der Waals surface area contributed by atoms with Crippen molar-refractivity contribution in [2.45, 2.75) is 13.3 Å². The van der Waals surface area contributed by atoms with Crippen molar-refractivity contribution in [3.63, 3.8) is 0 Å². The molecule has 0 aliphatic rings. The van der Waals surface area contributed by atoms with Gasteiger partial charge in [-0.25, -0.2) is 14.8 Å². The number of aromatic amines is 1. The number of urea groups is 1. The Labute approximate surface area is 174 Å². The number of carbonyl (C=O) groups is 1. The fourth-order valence-corrected chi connectivity index (χ4v) is 3.03. The zero-order valence-corrected chi connectivity index (χ0v) is 16.5. The lowest BCUT2D eigenvalue weighted by Gasteiger charge is -2.11. The Balaban J connectivity index is 1.42. The molecule has 4 rings (SSSR count). The molecule has 0 saturated carbocycles. The van der Waals surface area contributed by atoms with E-state index >= 15 is 0 Å². The highest BCUT2D eigenvalue weighted by Crippen LogP contribution is 2.21. The van der Waals surface area contributed by atoms with Gasteiger partial charge in [0, 0.05) is 41.2 Å². The number of benzene rings is 2. The number of aromatic nitrogens is 3. The van der Waals surface area contributed by atoms with E-state index in [1.165, 1.54) is 5.56 Å². The number of nitrogens with zero attached hydrogens (tertiary/aromatic N) is 2. The lowest BCUT2D eigenvalue weighted by atomic mass is 10.1. The van der Waals surface area contributed by atoms with Gasteiger partial charge in [0.1, 0.15) is 0 Å². The normalized spacial score (nSPS) is 10.4. The predicted octanol–water partition coefficient (Wildman–Crippen LogP) is 5.42. The minimum absolute atomic E-state index is 0.300. The molecule has 0 fully saturated rings. The van der Waals surface area contributed by atoms with Gasteiger partial charge in [-0.05, 0) is 54.4 Å². The van der Waals surface area contributed by atoms with E-state index in [1.807, 2.05) is 73.1 Å². The first-order chi connectivity index (χ1) is 14.7. The van der Waals surface area contributed by atoms with E-state index in [9.17, 15) is 4.79 Å². The molecule has 0 aliphatic carbocycles. The monoisotopic (exact) mass is 398 g/mol. The van der Waals surface area contributed by atoms with Crippen molar-refractivity contribution in [2.24, 2.45) is 0 Å². The van der Waals surface area contributed by atoms with Gasteiger partial charge in [-0.1, -0.05) is 25.1 Å². The number of H-pyrrole nitrogens is 1. The molecule has 0 atom stereocenters. The van der Waals surface area contributed by atoms with Crippen molar-refractivity contribution in [1.29, 1.82) is 0 Å². The molecule has 2 amide bonds. The lowest BCUT2D eigenvalue weighted by molar-refractivity contribution is 0.262. The summed E-state index contributed by atoms with van der Waals surface area (Å²) < 4.78 is 0. The molecular weight excluding hydrogens is 376 g/mol. The summed E-state index contributed by atoms with van der Waals surface area (Å²) in [6.45, 7) is 2.08. The average molecular weight is 398 g/mol. The van der Waals surface area contributed by atoms with Crippen LogP contribution in [0, 0.1) is 0 Å². The van der Waals surface area contributed by atoms with Crippen LogP contribution in [0.25, 0.3) is 11.3 Å². The van der Waals surface area contributed by atoms with Crippen LogP contribution in [0.4, 0.5) is 27.8 Å². The quantitative estimate of drug-likeness (QED) is 0.349. The minimum Gasteiger partial charge on any atom is -0.367 e. The molecule has 7 heteroatoms. The highest BCUT2D eigenvalue weighted by molar-refractivity contribution is 6.00. The number of hydrogen-bond donors (Lipinski definition) is 4. The molecule has 0 spiro atoms. The zero-order valence-electron chi connectivity index (χ0n) is 16.5. The first-order valence-electron chi connectivity index (χ1n) is 9.70. The molecule has 0 radical (unpaired) electrons. The van der Waals surface area contributed by atoms with Crippen LogP contribution in [-0.4, -0.2) is 21.0 Å². The molecule has 0 unspecified atom stereocenters. The topological polar surface area (TPSA) is 94.7 Å². The van der Waals surface area contributed by atoms with Gasteiger partial charge in [-0.15, -0.1) is 0 Å². The van der Waals surface area contributed by atoms with Crippen molar-refractivity contribution in [1.82, 2.24) is 15.0 Å². The van der Waals surface area contributed by atoms with Gasteiger partial charge < -0.3 is 20.9 Å². The second kappa shape index (κ2) is 8.91. The maximum atomic E-state index is 12.4. The third kappa shape index (κ3) is 4.82. The first kappa shape index (κ1) is 19.2. The zero-order chi connectivity index (χ0) is 20.8. The van der Waals surface area contributed by atoms with E-state index in [0.29, 0.717) is 11.6 Å². The number of carbonyl (C=O) groups excluding carboxylic acids is 1. The second-order valence-electron chi connectivity index (χ2n) is 6.70. The van der Waals surface area contributed by atoms with E-state index in [1.54, 1.807) is 6.20 Å². The van der Waals surface area contributed by atoms with Crippen LogP contribution in [0.1, 0.15) is 12.5 Å². The summed E-state index contributed by atoms with van der Waals surface area (Å²) in [5, 5.41) is 8.89. The van der Waals surface area contributed by atoms with E-state index in [0.717, 1.165) is 29.1 Å². The molecule has 4 N–H and O–H groups in total. The van der Waals surface area contributed by atoms with Gasteiger partial charge >= 0.3 is 6.03 Å². The van der Waals surface area contributed by atoms with E-state index < -0.39 is 0 Å². The predicted molar refractivity (Wildman–Crippen MR) is 120 cm³/mol. The van der Waals surface area contributed by atoms with E-state index in [4.69, 9.17) is 0 Å². The summed E-state index contributed by atoms with van der Waals surface area (Å²) in [7, 11) is 0. The van der Waals surface area contributed by atoms with Crippen LogP contribution in [-0.2, 0) is 6.42 Å². The van der Waals surface area contributed by atoms with Crippen LogP contribution in [0.15, 0.2) is 79.3 Å². The van der Waals surface area contributed by atoms with Crippen LogP contribution >= 0.6 is 0 Å². The Morgan fingerprint density at radius 1 is 0.967 bits per heavy atom. The fourth-order valence-electron chi connectivity index (χ4n) is 3.03. The van der Waals surface area contributed by atoms with Gasteiger partial charge in [-0.2, -0.15) is 0 Å². The van der Waals surface area contributed by atoms with Crippen molar-refractivity contribution in [3.05, 3.63) is 84.8 Å². The number of nitrogens with one attached hydrogen (secondary N) is 4. The van der Waals surface area contributed by atoms with E-state index in [2.05, 4.69) is 37.8 Å². The standard InChI is InChI=1S/C23H22N6O/c1-2-16-5-3-6-18(13-16)27-23(30)28-20-8-4-7-19(14-20)26-22-25-12-10-21(29-22)17-9-11-24-15-17/h3-15,24H,2H2,1H3,(H,25,26,29)(H2,27,28,30). The fraction of sp³-hybridized carbons (Fsp3) is 0.0870. The summed E-state index contributed by atoms with van der Waals surface area (Å²) in [6, 6.07) is 18.7. The maximum Gasteiger partial charge on any atom is 0.323 e. The second-order valence-corrected chi connectivity index (χ2v) is 6.70. The van der Waals surface area contributed by atoms with Gasteiger partial charge in [0.2, 0.25) is 5.95 Å². The molecule has 150 valence electrons. The Bertz CT molecular complexity index is 1140. The van der Waals surface area contributed by atoms with Crippen LogP contribution in [0.3, 0.4) is 0 Å². The third-order valence-corrected chi connectivity index (χ3v) is 4.52. The Hall–Kier alpha value is -4.13. The lowest BCUT2D eigenvalue weighted by Crippen LogP contribution is -2.19. The minimum atomic E-state index is -0.300. The first-order valence-corrected chi connectivity index (χ1v) is 9.70. The number of aryl methyl sites for hydroxylation is 1. The number of amides is 2. The number of anilines is 4. The Kier molecular flexibility index (Phi) is 5.70. The molecule has 30 heavy (non-hydrogen) atoms. The molecule has 0 bridgehead atoms. The number of rotatable bonds is 6. The molecule has 7 nitrogen and oxygen atoms in total. The van der Waals surface area contributed by atoms with Crippen molar-refractivity contribution in [2.75, 3.05) is 16.0 Å². The molecule has 0 aliphatic heterocycles. The Morgan fingerprint density at radius 3 is 2.50 bits per heavy atom. The molecule has 2 heterocycles. The van der Waals surface area contributed by atoms with Crippen molar-refractivity contribution in [3.8, 4) is 11.3 Å². The van der Waals surface area contributed by atoms with Gasteiger partial charge in [0.05, 0.1) is 5.69 Å². The summed E-state index contributed by atoms with van der Waals surface area (Å²) in [6.07, 6.45) is 6.35.